The fourth-order valence-corrected chi connectivity index (χ4v) is 4.04. The highest BCUT2D eigenvalue weighted by Gasteiger charge is 2.36. The van der Waals surface area contributed by atoms with Gasteiger partial charge in [-0.25, -0.2) is 0 Å². The third-order valence-electron chi connectivity index (χ3n) is 6.03. The number of nitrogens with two attached hydrogens (primary N) is 3. The van der Waals surface area contributed by atoms with Gasteiger partial charge in [0, 0.05) is 0 Å². The molecular formula is C26H45N5O3. The van der Waals surface area contributed by atoms with E-state index in [-0.39, 0.29) is 11.8 Å². The molecule has 0 saturated heterocycles. The molecule has 0 radical (unpaired) electrons. The number of aryl methyl sites for hydroxylation is 1. The lowest BCUT2D eigenvalue weighted by Crippen LogP contribution is -2.60. The van der Waals surface area contributed by atoms with E-state index in [0.29, 0.717) is 38.6 Å². The van der Waals surface area contributed by atoms with Crippen molar-refractivity contribution < 1.29 is 14.4 Å². The fraction of sp³-hybridized carbons (Fsp3) is 0.654. The standard InChI is InChI=1S/C26H45N5O3/c1-4-11-21(24(33)30-22(23(28)32)18-19(2)3)31-25(34)26(29,15-8-9-17-27)16-10-14-20-12-6-5-7-13-20/h5-7,12-13,19,21-22H,4,8-11,14-18,27,29H2,1-3H3,(H2,28,32)(H,30,33)(H,31,34)/t21-,22-,26+/m0/s1. The van der Waals surface area contributed by atoms with Crippen molar-refractivity contribution >= 4 is 17.7 Å². The average Bonchev–Trinajstić information content (AvgIpc) is 2.78. The first kappa shape index (κ1) is 29.6. The van der Waals surface area contributed by atoms with Gasteiger partial charge in [-0.1, -0.05) is 57.5 Å². The molecule has 34 heavy (non-hydrogen) atoms. The van der Waals surface area contributed by atoms with Crippen molar-refractivity contribution in [2.45, 2.75) is 96.2 Å². The summed E-state index contributed by atoms with van der Waals surface area (Å²) in [6.45, 7) is 6.37. The number of hydrogen-bond donors (Lipinski definition) is 5. The van der Waals surface area contributed by atoms with Gasteiger partial charge in [0.25, 0.3) is 0 Å². The minimum atomic E-state index is -1.10. The lowest BCUT2D eigenvalue weighted by Gasteiger charge is -2.31. The molecule has 3 amide bonds. The molecule has 0 aromatic heterocycles. The van der Waals surface area contributed by atoms with Crippen LogP contribution >= 0.6 is 0 Å². The van der Waals surface area contributed by atoms with Crippen LogP contribution in [0, 0.1) is 5.92 Å². The Morgan fingerprint density at radius 3 is 2.18 bits per heavy atom. The second-order valence-electron chi connectivity index (χ2n) is 9.65. The van der Waals surface area contributed by atoms with Gasteiger partial charge >= 0.3 is 0 Å². The number of hydrogen-bond acceptors (Lipinski definition) is 5. The topological polar surface area (TPSA) is 153 Å². The van der Waals surface area contributed by atoms with Crippen molar-refractivity contribution in [1.82, 2.24) is 10.6 Å². The highest BCUT2D eigenvalue weighted by atomic mass is 16.2. The van der Waals surface area contributed by atoms with Crippen LogP contribution in [0.4, 0.5) is 0 Å². The molecule has 0 aliphatic heterocycles. The highest BCUT2D eigenvalue weighted by molar-refractivity contribution is 5.94. The SMILES string of the molecule is CCC[C@H](NC(=O)[C@@](N)(CCCCN)CCCc1ccccc1)C(=O)N[C@@H](CC(C)C)C(N)=O. The molecule has 0 fully saturated rings. The zero-order valence-electron chi connectivity index (χ0n) is 21.1. The Bertz CT molecular complexity index is 756. The van der Waals surface area contributed by atoms with Crippen molar-refractivity contribution in [2.75, 3.05) is 6.54 Å². The van der Waals surface area contributed by atoms with Gasteiger partial charge in [-0.3, -0.25) is 14.4 Å². The minimum absolute atomic E-state index is 0.181. The summed E-state index contributed by atoms with van der Waals surface area (Å²) < 4.78 is 0. The van der Waals surface area contributed by atoms with Gasteiger partial charge in [0.2, 0.25) is 17.7 Å². The molecule has 0 aliphatic carbocycles. The van der Waals surface area contributed by atoms with Crippen LogP contribution < -0.4 is 27.8 Å². The summed E-state index contributed by atoms with van der Waals surface area (Å²) in [6.07, 6.45) is 5.62. The Morgan fingerprint density at radius 1 is 0.971 bits per heavy atom. The van der Waals surface area contributed by atoms with Crippen LogP contribution in [-0.4, -0.2) is 41.9 Å². The second kappa shape index (κ2) is 15.5. The number of primary amides is 1. The van der Waals surface area contributed by atoms with Crippen LogP contribution in [0.5, 0.6) is 0 Å². The molecule has 1 rings (SSSR count). The van der Waals surface area contributed by atoms with Gasteiger partial charge in [0.15, 0.2) is 0 Å². The Hall–Kier alpha value is -2.45. The van der Waals surface area contributed by atoms with E-state index in [2.05, 4.69) is 22.8 Å². The van der Waals surface area contributed by atoms with E-state index in [1.165, 1.54) is 5.56 Å². The number of nitrogens with one attached hydrogen (secondary N) is 2. The number of amides is 3. The Balaban J connectivity index is 2.90. The molecule has 3 atom stereocenters. The van der Waals surface area contributed by atoms with Crippen LogP contribution in [-0.2, 0) is 20.8 Å². The molecule has 0 spiro atoms. The summed E-state index contributed by atoms with van der Waals surface area (Å²) >= 11 is 0. The van der Waals surface area contributed by atoms with Crippen molar-refractivity contribution in [3.05, 3.63) is 35.9 Å². The van der Waals surface area contributed by atoms with E-state index in [0.717, 1.165) is 25.7 Å². The number of carbonyl (C=O) groups is 3. The predicted octanol–water partition coefficient (Wildman–Crippen LogP) is 2.14. The van der Waals surface area contributed by atoms with E-state index in [4.69, 9.17) is 17.2 Å². The first-order valence-electron chi connectivity index (χ1n) is 12.6. The van der Waals surface area contributed by atoms with Gasteiger partial charge in [0.1, 0.15) is 12.1 Å². The lowest BCUT2D eigenvalue weighted by atomic mass is 9.86. The third kappa shape index (κ3) is 10.7. The highest BCUT2D eigenvalue weighted by Crippen LogP contribution is 2.21. The summed E-state index contributed by atoms with van der Waals surface area (Å²) in [7, 11) is 0. The van der Waals surface area contributed by atoms with Crippen LogP contribution in [0.3, 0.4) is 0 Å². The molecule has 0 unspecified atom stereocenters. The molecule has 0 heterocycles. The van der Waals surface area contributed by atoms with E-state index in [1.807, 2.05) is 39.0 Å². The lowest BCUT2D eigenvalue weighted by molar-refractivity contribution is -0.134. The molecule has 1 aromatic carbocycles. The summed E-state index contributed by atoms with van der Waals surface area (Å²) in [5, 5.41) is 5.59. The van der Waals surface area contributed by atoms with Gasteiger partial charge in [-0.2, -0.15) is 0 Å². The van der Waals surface area contributed by atoms with Gasteiger partial charge in [0.05, 0.1) is 5.54 Å². The largest absolute Gasteiger partial charge is 0.368 e. The van der Waals surface area contributed by atoms with Crippen molar-refractivity contribution in [3.63, 3.8) is 0 Å². The number of unbranched alkanes of at least 4 members (excludes halogenated alkanes) is 1. The zero-order valence-corrected chi connectivity index (χ0v) is 21.1. The predicted molar refractivity (Wildman–Crippen MR) is 137 cm³/mol. The van der Waals surface area contributed by atoms with E-state index >= 15 is 0 Å². The van der Waals surface area contributed by atoms with Crippen LogP contribution in [0.15, 0.2) is 30.3 Å². The van der Waals surface area contributed by atoms with E-state index in [1.54, 1.807) is 0 Å². The summed E-state index contributed by atoms with van der Waals surface area (Å²) in [6, 6.07) is 8.51. The molecular weight excluding hydrogens is 430 g/mol. The molecule has 8 nitrogen and oxygen atoms in total. The van der Waals surface area contributed by atoms with Crippen molar-refractivity contribution in [3.8, 4) is 0 Å². The first-order valence-corrected chi connectivity index (χ1v) is 12.6. The molecule has 0 saturated carbocycles. The molecule has 0 aliphatic rings. The molecule has 192 valence electrons. The summed E-state index contributed by atoms with van der Waals surface area (Å²) in [4.78, 5) is 38.1. The summed E-state index contributed by atoms with van der Waals surface area (Å²) in [5.74, 6) is -1.15. The molecule has 8 N–H and O–H groups in total. The zero-order chi connectivity index (χ0) is 25.6. The quantitative estimate of drug-likeness (QED) is 0.218. The number of carbonyl (C=O) groups excluding carboxylic acids is 3. The van der Waals surface area contributed by atoms with Gasteiger partial charge < -0.3 is 27.8 Å². The Labute approximate surface area is 204 Å². The van der Waals surface area contributed by atoms with E-state index in [9.17, 15) is 14.4 Å². The second-order valence-corrected chi connectivity index (χ2v) is 9.65. The number of benzene rings is 1. The van der Waals surface area contributed by atoms with Crippen molar-refractivity contribution in [1.29, 1.82) is 0 Å². The molecule has 8 heteroatoms. The van der Waals surface area contributed by atoms with Crippen LogP contribution in [0.2, 0.25) is 0 Å². The maximum absolute atomic E-state index is 13.3. The molecule has 0 bridgehead atoms. The Morgan fingerprint density at radius 2 is 1.62 bits per heavy atom. The number of rotatable bonds is 17. The van der Waals surface area contributed by atoms with E-state index < -0.39 is 29.4 Å². The monoisotopic (exact) mass is 475 g/mol. The normalized spacial score (nSPS) is 14.8. The van der Waals surface area contributed by atoms with Crippen molar-refractivity contribution in [2.24, 2.45) is 23.1 Å². The van der Waals surface area contributed by atoms with Crippen LogP contribution in [0.25, 0.3) is 0 Å². The fourth-order valence-electron chi connectivity index (χ4n) is 4.04. The first-order chi connectivity index (χ1) is 16.1. The van der Waals surface area contributed by atoms with Crippen LogP contribution in [0.1, 0.15) is 77.7 Å². The minimum Gasteiger partial charge on any atom is -0.368 e. The molecule has 1 aromatic rings. The maximum atomic E-state index is 13.3. The third-order valence-corrected chi connectivity index (χ3v) is 6.03. The maximum Gasteiger partial charge on any atom is 0.243 e. The van der Waals surface area contributed by atoms with Gasteiger partial charge in [-0.15, -0.1) is 0 Å². The van der Waals surface area contributed by atoms with Gasteiger partial charge in [-0.05, 0) is 69.4 Å². The Kier molecular flexibility index (Phi) is 13.4. The average molecular weight is 476 g/mol. The summed E-state index contributed by atoms with van der Waals surface area (Å²) in [5.41, 5.74) is 17.9. The smallest absolute Gasteiger partial charge is 0.243 e.